The second-order valence-corrected chi connectivity index (χ2v) is 11.2. The molecule has 17 heavy (non-hydrogen) atoms. The Morgan fingerprint density at radius 1 is 1.41 bits per heavy atom. The minimum absolute atomic E-state index is 0.00454. The van der Waals surface area contributed by atoms with Crippen LogP contribution in [0.15, 0.2) is 6.07 Å². The zero-order chi connectivity index (χ0) is 13.1. The molecule has 5 heteroatoms. The van der Waals surface area contributed by atoms with Crippen LogP contribution in [0.4, 0.5) is 5.69 Å². The molecule has 0 aliphatic carbocycles. The molecule has 0 spiro atoms. The fourth-order valence-electron chi connectivity index (χ4n) is 1.58. The van der Waals surface area contributed by atoms with Gasteiger partial charge in [-0.3, -0.25) is 0 Å². The van der Waals surface area contributed by atoms with Gasteiger partial charge in [0, 0.05) is 26.1 Å². The summed E-state index contributed by atoms with van der Waals surface area (Å²) < 4.78 is 7.59. The molecule has 1 aromatic rings. The fourth-order valence-corrected chi connectivity index (χ4v) is 2.33. The molecule has 1 aromatic heterocycles. The molecule has 98 valence electrons. The van der Waals surface area contributed by atoms with E-state index in [4.69, 9.17) is 10.5 Å². The van der Waals surface area contributed by atoms with Gasteiger partial charge in [-0.2, -0.15) is 0 Å². The molecule has 0 amide bonds. The van der Waals surface area contributed by atoms with Crippen LogP contribution in [0.1, 0.15) is 11.4 Å². The average Bonchev–Trinajstić information content (AvgIpc) is 2.49. The summed E-state index contributed by atoms with van der Waals surface area (Å²) in [5.41, 5.74) is 8.29. The SMILES string of the molecule is Cc1c(N)cc(CO)n1COCC[Si](C)(C)C. The third-order valence-corrected chi connectivity index (χ3v) is 4.57. The van der Waals surface area contributed by atoms with E-state index in [1.54, 1.807) is 6.07 Å². The highest BCUT2D eigenvalue weighted by molar-refractivity contribution is 6.76. The minimum Gasteiger partial charge on any atom is -0.397 e. The van der Waals surface area contributed by atoms with Crippen molar-refractivity contribution in [2.75, 3.05) is 12.3 Å². The number of hydrogen-bond acceptors (Lipinski definition) is 3. The Hall–Kier alpha value is -0.783. The molecule has 0 radical (unpaired) electrons. The largest absolute Gasteiger partial charge is 0.397 e. The second kappa shape index (κ2) is 5.71. The first-order chi connectivity index (χ1) is 7.85. The van der Waals surface area contributed by atoms with Crippen LogP contribution in [0.2, 0.25) is 25.7 Å². The maximum absolute atomic E-state index is 9.22. The number of aliphatic hydroxyl groups excluding tert-OH is 1. The zero-order valence-electron chi connectivity index (χ0n) is 11.3. The van der Waals surface area contributed by atoms with Crippen molar-refractivity contribution in [2.24, 2.45) is 0 Å². The minimum atomic E-state index is -1.03. The van der Waals surface area contributed by atoms with Crippen molar-refractivity contribution in [3.63, 3.8) is 0 Å². The number of aliphatic hydroxyl groups is 1. The summed E-state index contributed by atoms with van der Waals surface area (Å²) in [6, 6.07) is 2.95. The lowest BCUT2D eigenvalue weighted by Gasteiger charge is -2.16. The van der Waals surface area contributed by atoms with E-state index in [0.717, 1.165) is 24.0 Å². The summed E-state index contributed by atoms with van der Waals surface area (Å²) >= 11 is 0. The average molecular weight is 256 g/mol. The number of anilines is 1. The lowest BCUT2D eigenvalue weighted by molar-refractivity contribution is 0.0812. The van der Waals surface area contributed by atoms with Crippen molar-refractivity contribution in [3.8, 4) is 0 Å². The Labute approximate surface area is 104 Å². The molecule has 3 N–H and O–H groups in total. The van der Waals surface area contributed by atoms with E-state index in [2.05, 4.69) is 19.6 Å². The first kappa shape index (κ1) is 14.3. The van der Waals surface area contributed by atoms with E-state index in [-0.39, 0.29) is 6.61 Å². The van der Waals surface area contributed by atoms with E-state index < -0.39 is 8.07 Å². The van der Waals surface area contributed by atoms with Gasteiger partial charge in [-0.1, -0.05) is 19.6 Å². The van der Waals surface area contributed by atoms with Gasteiger partial charge in [0.05, 0.1) is 12.3 Å². The van der Waals surface area contributed by atoms with Gasteiger partial charge in [0.2, 0.25) is 0 Å². The predicted octanol–water partition coefficient (Wildman–Crippen LogP) is 2.18. The number of aromatic nitrogens is 1. The first-order valence-electron chi connectivity index (χ1n) is 5.98. The summed E-state index contributed by atoms with van der Waals surface area (Å²) in [7, 11) is -1.03. The highest BCUT2D eigenvalue weighted by Gasteiger charge is 2.13. The molecule has 0 bridgehead atoms. The maximum atomic E-state index is 9.22. The van der Waals surface area contributed by atoms with E-state index in [0.29, 0.717) is 12.4 Å². The smallest absolute Gasteiger partial charge is 0.122 e. The normalized spacial score (nSPS) is 12.1. The van der Waals surface area contributed by atoms with Crippen molar-refractivity contribution in [2.45, 2.75) is 45.9 Å². The molecule has 0 saturated heterocycles. The molecule has 0 atom stereocenters. The Morgan fingerprint density at radius 2 is 2.06 bits per heavy atom. The van der Waals surface area contributed by atoms with Crippen LogP contribution in [0, 0.1) is 6.92 Å². The highest BCUT2D eigenvalue weighted by Crippen LogP contribution is 2.18. The highest BCUT2D eigenvalue weighted by atomic mass is 28.3. The van der Waals surface area contributed by atoms with Gasteiger partial charge in [-0.05, 0) is 19.0 Å². The number of nitrogens with zero attached hydrogens (tertiary/aromatic N) is 1. The molecule has 4 nitrogen and oxygen atoms in total. The van der Waals surface area contributed by atoms with Gasteiger partial charge in [0.1, 0.15) is 6.73 Å². The summed E-state index contributed by atoms with van der Waals surface area (Å²) in [6.07, 6.45) is 0. The van der Waals surface area contributed by atoms with Gasteiger partial charge >= 0.3 is 0 Å². The van der Waals surface area contributed by atoms with Crippen LogP contribution in [0.3, 0.4) is 0 Å². The molecular formula is C12H24N2O2Si. The standard InChI is InChI=1S/C12H24N2O2Si/c1-10-12(13)7-11(8-15)14(10)9-16-5-6-17(2,3)4/h7,15H,5-6,8-9,13H2,1-4H3. The molecule has 0 fully saturated rings. The summed E-state index contributed by atoms with van der Waals surface area (Å²) in [5.74, 6) is 0. The lowest BCUT2D eigenvalue weighted by atomic mass is 10.4. The van der Waals surface area contributed by atoms with Crippen molar-refractivity contribution >= 4 is 13.8 Å². The number of nitrogens with two attached hydrogens (primary N) is 1. The van der Waals surface area contributed by atoms with Gasteiger partial charge in [0.25, 0.3) is 0 Å². The summed E-state index contributed by atoms with van der Waals surface area (Å²) in [5, 5.41) is 9.22. The van der Waals surface area contributed by atoms with E-state index in [1.165, 1.54) is 0 Å². The Balaban J connectivity index is 2.52. The van der Waals surface area contributed by atoms with Gasteiger partial charge in [-0.25, -0.2) is 0 Å². The van der Waals surface area contributed by atoms with Crippen molar-refractivity contribution in [1.29, 1.82) is 0 Å². The van der Waals surface area contributed by atoms with Gasteiger partial charge in [-0.15, -0.1) is 0 Å². The fraction of sp³-hybridized carbons (Fsp3) is 0.667. The van der Waals surface area contributed by atoms with E-state index in [1.807, 2.05) is 11.5 Å². The van der Waals surface area contributed by atoms with Crippen molar-refractivity contribution in [3.05, 3.63) is 17.5 Å². The molecule has 0 saturated carbocycles. The molecule has 0 unspecified atom stereocenters. The predicted molar refractivity (Wildman–Crippen MR) is 73.6 cm³/mol. The van der Waals surface area contributed by atoms with Crippen LogP contribution in [0.25, 0.3) is 0 Å². The van der Waals surface area contributed by atoms with Crippen LogP contribution in [-0.4, -0.2) is 24.4 Å². The molecule has 0 aromatic carbocycles. The topological polar surface area (TPSA) is 60.4 Å². The number of rotatable bonds is 6. The second-order valence-electron chi connectivity index (χ2n) is 5.61. The molecule has 1 rings (SSSR count). The number of hydrogen-bond donors (Lipinski definition) is 2. The first-order valence-corrected chi connectivity index (χ1v) is 9.69. The Bertz CT molecular complexity index is 369. The quantitative estimate of drug-likeness (QED) is 0.606. The number of ether oxygens (including phenoxy) is 1. The maximum Gasteiger partial charge on any atom is 0.122 e. The van der Waals surface area contributed by atoms with Crippen LogP contribution in [-0.2, 0) is 18.1 Å². The van der Waals surface area contributed by atoms with E-state index in [9.17, 15) is 5.11 Å². The summed E-state index contributed by atoms with van der Waals surface area (Å²) in [4.78, 5) is 0. The third kappa shape index (κ3) is 4.18. The number of nitrogen functional groups attached to an aromatic ring is 1. The van der Waals surface area contributed by atoms with Gasteiger partial charge in [0.15, 0.2) is 0 Å². The molecule has 0 aliphatic heterocycles. The Morgan fingerprint density at radius 3 is 2.59 bits per heavy atom. The van der Waals surface area contributed by atoms with Crippen LogP contribution in [0.5, 0.6) is 0 Å². The summed E-state index contributed by atoms with van der Waals surface area (Å²) in [6.45, 7) is 10.2. The molecule has 1 heterocycles. The molecule has 0 aliphatic rings. The third-order valence-electron chi connectivity index (χ3n) is 2.87. The molecular weight excluding hydrogens is 232 g/mol. The Kier molecular flexibility index (Phi) is 4.79. The van der Waals surface area contributed by atoms with Crippen molar-refractivity contribution in [1.82, 2.24) is 4.57 Å². The van der Waals surface area contributed by atoms with Crippen LogP contribution < -0.4 is 5.73 Å². The van der Waals surface area contributed by atoms with Crippen LogP contribution >= 0.6 is 0 Å². The zero-order valence-corrected chi connectivity index (χ0v) is 12.3. The lowest BCUT2D eigenvalue weighted by Crippen LogP contribution is -2.22. The van der Waals surface area contributed by atoms with Crippen molar-refractivity contribution < 1.29 is 9.84 Å². The monoisotopic (exact) mass is 256 g/mol. The van der Waals surface area contributed by atoms with Gasteiger partial charge < -0.3 is 20.1 Å². The van der Waals surface area contributed by atoms with E-state index >= 15 is 0 Å².